The summed E-state index contributed by atoms with van der Waals surface area (Å²) in [6, 6.07) is 9.96. The number of likely N-dealkylation sites (N-methyl/N-ethyl adjacent to an activating group) is 1. The average molecular weight is 320 g/mol. The molecule has 0 spiro atoms. The molecule has 6 nitrogen and oxygen atoms in total. The van der Waals surface area contributed by atoms with Gasteiger partial charge in [-0.1, -0.05) is 30.3 Å². The molecule has 6 heteroatoms. The minimum absolute atomic E-state index is 0.0260. The summed E-state index contributed by atoms with van der Waals surface area (Å²) in [4.78, 5) is 26.6. The first-order valence-electron chi connectivity index (χ1n) is 7.88. The smallest absolute Gasteiger partial charge is 0.317 e. The van der Waals surface area contributed by atoms with E-state index in [4.69, 9.17) is 9.84 Å². The fourth-order valence-corrected chi connectivity index (χ4v) is 2.75. The number of nitrogens with zero attached hydrogens (tertiary/aromatic N) is 2. The number of carboxylic acids is 1. The van der Waals surface area contributed by atoms with Gasteiger partial charge in [0.15, 0.2) is 0 Å². The minimum atomic E-state index is -0.862. The van der Waals surface area contributed by atoms with Crippen LogP contribution in [0.1, 0.15) is 12.0 Å². The van der Waals surface area contributed by atoms with E-state index in [-0.39, 0.29) is 18.6 Å². The molecule has 1 amide bonds. The molecule has 2 rings (SSSR count). The summed E-state index contributed by atoms with van der Waals surface area (Å²) in [5, 5.41) is 8.78. The number of aryl methyl sites for hydroxylation is 1. The van der Waals surface area contributed by atoms with Crippen molar-refractivity contribution in [3.05, 3.63) is 35.9 Å². The van der Waals surface area contributed by atoms with Crippen LogP contribution in [0.5, 0.6) is 0 Å². The van der Waals surface area contributed by atoms with Gasteiger partial charge in [-0.05, 0) is 19.0 Å². The van der Waals surface area contributed by atoms with E-state index in [1.165, 1.54) is 0 Å². The number of rotatable bonds is 7. The van der Waals surface area contributed by atoms with E-state index in [1.54, 1.807) is 11.9 Å². The number of carbonyl (C=O) groups excluding carboxylic acids is 1. The Morgan fingerprint density at radius 2 is 2.09 bits per heavy atom. The van der Waals surface area contributed by atoms with E-state index in [1.807, 2.05) is 35.2 Å². The fraction of sp³-hybridized carbons (Fsp3) is 0.529. The summed E-state index contributed by atoms with van der Waals surface area (Å²) < 4.78 is 5.64. The summed E-state index contributed by atoms with van der Waals surface area (Å²) in [5.74, 6) is -0.734. The number of carboxylic acid groups (broad SMARTS) is 1. The number of benzene rings is 1. The van der Waals surface area contributed by atoms with Crippen LogP contribution in [0.25, 0.3) is 0 Å². The molecule has 23 heavy (non-hydrogen) atoms. The quantitative estimate of drug-likeness (QED) is 0.807. The lowest BCUT2D eigenvalue weighted by molar-refractivity contribution is -0.142. The van der Waals surface area contributed by atoms with Crippen molar-refractivity contribution in [2.24, 2.45) is 0 Å². The lowest BCUT2D eigenvalue weighted by Crippen LogP contribution is -2.49. The second-order valence-corrected chi connectivity index (χ2v) is 5.91. The molecule has 1 aliphatic rings. The maximum absolute atomic E-state index is 12.3. The third kappa shape index (κ3) is 6.00. The number of morpholine rings is 1. The van der Waals surface area contributed by atoms with Crippen LogP contribution >= 0.6 is 0 Å². The predicted octanol–water partition coefficient (Wildman–Crippen LogP) is 0.863. The molecule has 126 valence electrons. The highest BCUT2D eigenvalue weighted by molar-refractivity contribution is 5.76. The van der Waals surface area contributed by atoms with Gasteiger partial charge in [0.2, 0.25) is 5.91 Å². The highest BCUT2D eigenvalue weighted by Gasteiger charge is 2.25. The first kappa shape index (κ1) is 17.4. The van der Waals surface area contributed by atoms with Gasteiger partial charge >= 0.3 is 5.97 Å². The van der Waals surface area contributed by atoms with Gasteiger partial charge in [0.25, 0.3) is 0 Å². The molecular weight excluding hydrogens is 296 g/mol. The van der Waals surface area contributed by atoms with Crippen molar-refractivity contribution in [1.82, 2.24) is 9.80 Å². The molecule has 0 aromatic heterocycles. The van der Waals surface area contributed by atoms with Crippen molar-refractivity contribution in [3.8, 4) is 0 Å². The zero-order valence-electron chi connectivity index (χ0n) is 13.5. The normalized spacial score (nSPS) is 18.2. The van der Waals surface area contributed by atoms with E-state index in [9.17, 15) is 9.59 Å². The standard InChI is InChI=1S/C17H24N2O4/c1-18(13-17(21)22)11-15-12-19(9-10-23-15)16(20)8-7-14-5-3-2-4-6-14/h2-6,15H,7-13H2,1H3,(H,21,22). The Morgan fingerprint density at radius 3 is 2.78 bits per heavy atom. The van der Waals surface area contributed by atoms with Crippen LogP contribution in [0.15, 0.2) is 30.3 Å². The monoisotopic (exact) mass is 320 g/mol. The largest absolute Gasteiger partial charge is 0.480 e. The van der Waals surface area contributed by atoms with Gasteiger partial charge < -0.3 is 14.7 Å². The van der Waals surface area contributed by atoms with Crippen molar-refractivity contribution >= 4 is 11.9 Å². The average Bonchev–Trinajstić information content (AvgIpc) is 2.53. The third-order valence-electron chi connectivity index (χ3n) is 3.88. The number of hydrogen-bond acceptors (Lipinski definition) is 4. The van der Waals surface area contributed by atoms with E-state index in [0.29, 0.717) is 32.7 Å². The summed E-state index contributed by atoms with van der Waals surface area (Å²) in [6.07, 6.45) is 1.09. The molecule has 1 unspecified atom stereocenters. The molecule has 1 aromatic carbocycles. The summed E-state index contributed by atoms with van der Waals surface area (Å²) in [5.41, 5.74) is 1.16. The Morgan fingerprint density at radius 1 is 1.35 bits per heavy atom. The Labute approximate surface area is 136 Å². The minimum Gasteiger partial charge on any atom is -0.480 e. The van der Waals surface area contributed by atoms with Gasteiger partial charge in [0, 0.05) is 26.1 Å². The molecule has 0 saturated carbocycles. The zero-order valence-corrected chi connectivity index (χ0v) is 13.5. The van der Waals surface area contributed by atoms with E-state index >= 15 is 0 Å². The highest BCUT2D eigenvalue weighted by Crippen LogP contribution is 2.10. The molecule has 1 fully saturated rings. The van der Waals surface area contributed by atoms with Crippen molar-refractivity contribution in [2.45, 2.75) is 18.9 Å². The maximum Gasteiger partial charge on any atom is 0.317 e. The lowest BCUT2D eigenvalue weighted by atomic mass is 10.1. The maximum atomic E-state index is 12.3. The van der Waals surface area contributed by atoms with Gasteiger partial charge in [-0.3, -0.25) is 14.5 Å². The summed E-state index contributed by atoms with van der Waals surface area (Å²) in [6.45, 7) is 2.11. The number of hydrogen-bond donors (Lipinski definition) is 1. The summed E-state index contributed by atoms with van der Waals surface area (Å²) >= 11 is 0. The molecule has 1 aliphatic heterocycles. The molecular formula is C17H24N2O4. The molecule has 1 saturated heterocycles. The van der Waals surface area contributed by atoms with Gasteiger partial charge in [0.1, 0.15) is 0 Å². The molecule has 1 aromatic rings. The third-order valence-corrected chi connectivity index (χ3v) is 3.88. The predicted molar refractivity (Wildman–Crippen MR) is 86.2 cm³/mol. The highest BCUT2D eigenvalue weighted by atomic mass is 16.5. The molecule has 0 radical (unpaired) electrons. The zero-order chi connectivity index (χ0) is 16.7. The SMILES string of the molecule is CN(CC(=O)O)CC1CN(C(=O)CCc2ccccc2)CCO1. The number of ether oxygens (including phenoxy) is 1. The molecule has 1 N–H and O–H groups in total. The first-order chi connectivity index (χ1) is 11.0. The second kappa shape index (κ2) is 8.64. The number of amides is 1. The Balaban J connectivity index is 1.78. The second-order valence-electron chi connectivity index (χ2n) is 5.91. The van der Waals surface area contributed by atoms with Gasteiger partial charge in [-0.2, -0.15) is 0 Å². The van der Waals surface area contributed by atoms with Crippen molar-refractivity contribution < 1.29 is 19.4 Å². The molecule has 0 aliphatic carbocycles. The van der Waals surface area contributed by atoms with Crippen LogP contribution in [-0.2, 0) is 20.7 Å². The van der Waals surface area contributed by atoms with E-state index in [0.717, 1.165) is 12.0 Å². The van der Waals surface area contributed by atoms with E-state index in [2.05, 4.69) is 0 Å². The molecule has 1 heterocycles. The fourth-order valence-electron chi connectivity index (χ4n) is 2.75. The topological polar surface area (TPSA) is 70.1 Å². The Hall–Kier alpha value is -1.92. The molecule has 1 atom stereocenters. The Bertz CT molecular complexity index is 521. The van der Waals surface area contributed by atoms with Crippen molar-refractivity contribution in [2.75, 3.05) is 39.8 Å². The van der Waals surface area contributed by atoms with Gasteiger partial charge in [-0.25, -0.2) is 0 Å². The lowest BCUT2D eigenvalue weighted by Gasteiger charge is -2.34. The van der Waals surface area contributed by atoms with Crippen LogP contribution in [0.4, 0.5) is 0 Å². The first-order valence-corrected chi connectivity index (χ1v) is 7.88. The van der Waals surface area contributed by atoms with Crippen LogP contribution < -0.4 is 0 Å². The number of carbonyl (C=O) groups is 2. The van der Waals surface area contributed by atoms with Gasteiger partial charge in [-0.15, -0.1) is 0 Å². The number of aliphatic carboxylic acids is 1. The van der Waals surface area contributed by atoms with Crippen LogP contribution in [0.2, 0.25) is 0 Å². The van der Waals surface area contributed by atoms with Crippen LogP contribution in [0, 0.1) is 0 Å². The Kier molecular flexibility index (Phi) is 6.55. The van der Waals surface area contributed by atoms with Gasteiger partial charge in [0.05, 0.1) is 19.3 Å². The van der Waals surface area contributed by atoms with Crippen LogP contribution in [-0.4, -0.2) is 72.7 Å². The molecule has 0 bridgehead atoms. The van der Waals surface area contributed by atoms with Crippen molar-refractivity contribution in [3.63, 3.8) is 0 Å². The van der Waals surface area contributed by atoms with Crippen molar-refractivity contribution in [1.29, 1.82) is 0 Å². The summed E-state index contributed by atoms with van der Waals surface area (Å²) in [7, 11) is 1.74. The van der Waals surface area contributed by atoms with E-state index < -0.39 is 5.97 Å². The van der Waals surface area contributed by atoms with Crippen LogP contribution in [0.3, 0.4) is 0 Å².